The molecule has 0 saturated carbocycles. The second-order valence-corrected chi connectivity index (χ2v) is 11.2. The summed E-state index contributed by atoms with van der Waals surface area (Å²) in [6, 6.07) is 13.6. The van der Waals surface area contributed by atoms with Crippen molar-refractivity contribution in [2.45, 2.75) is 36.6 Å². The van der Waals surface area contributed by atoms with Gasteiger partial charge in [0.2, 0.25) is 0 Å². The first-order valence-electron chi connectivity index (χ1n) is 13.8. The Morgan fingerprint density at radius 1 is 1.02 bits per heavy atom. The van der Waals surface area contributed by atoms with E-state index < -0.39 is 45.6 Å². The van der Waals surface area contributed by atoms with Gasteiger partial charge in [0.15, 0.2) is 13.2 Å². The molecule has 0 radical (unpaired) electrons. The fourth-order valence-corrected chi connectivity index (χ4v) is 5.41. The highest BCUT2D eigenvalue weighted by atomic mass is 32.2. The van der Waals surface area contributed by atoms with Crippen LogP contribution in [-0.4, -0.2) is 63.9 Å². The second-order valence-electron chi connectivity index (χ2n) is 9.30. The molecule has 0 fully saturated rings. The molecule has 4 rings (SSSR count). The molecule has 0 atom stereocenters. The first-order chi connectivity index (χ1) is 21.2. The van der Waals surface area contributed by atoms with E-state index in [0.29, 0.717) is 17.7 Å². The highest BCUT2D eigenvalue weighted by Crippen LogP contribution is 2.25. The molecule has 13 nitrogen and oxygen atoms in total. The molecule has 0 aliphatic rings. The first kappa shape index (κ1) is 32.1. The Bertz CT molecular complexity index is 1800. The molecule has 0 bridgehead atoms. The number of carbonyl (C=O) groups is 1. The van der Waals surface area contributed by atoms with Crippen molar-refractivity contribution in [3.8, 4) is 23.5 Å². The van der Waals surface area contributed by atoms with E-state index in [9.17, 15) is 23.2 Å². The van der Waals surface area contributed by atoms with Gasteiger partial charge in [0.25, 0.3) is 9.84 Å². The molecule has 232 valence electrons. The molecule has 0 amide bonds. The summed E-state index contributed by atoms with van der Waals surface area (Å²) in [6.45, 7) is 7.02. The van der Waals surface area contributed by atoms with Crippen LogP contribution in [0.25, 0.3) is 11.0 Å². The lowest BCUT2D eigenvalue weighted by Crippen LogP contribution is -2.30. The van der Waals surface area contributed by atoms with Crippen molar-refractivity contribution in [1.82, 2.24) is 10.1 Å². The van der Waals surface area contributed by atoms with Crippen molar-refractivity contribution in [3.63, 3.8) is 0 Å². The number of unbranched alkanes of at least 4 members (excludes halogenated alkanes) is 1. The smallest absolute Gasteiger partial charge is 0.415 e. The fraction of sp³-hybridized carbons (Fsp3) is 0.333. The van der Waals surface area contributed by atoms with Gasteiger partial charge in [-0.2, -0.15) is 0 Å². The van der Waals surface area contributed by atoms with Crippen LogP contribution in [0.4, 0.5) is 0 Å². The van der Waals surface area contributed by atoms with Crippen molar-refractivity contribution in [3.05, 3.63) is 75.8 Å². The molecule has 0 saturated heterocycles. The highest BCUT2D eigenvalue weighted by molar-refractivity contribution is 7.91. The quantitative estimate of drug-likeness (QED) is 0.0662. The van der Waals surface area contributed by atoms with Gasteiger partial charge >= 0.3 is 22.5 Å². The summed E-state index contributed by atoms with van der Waals surface area (Å²) in [5.74, 6) is 4.03. The van der Waals surface area contributed by atoms with Crippen molar-refractivity contribution in [2.75, 3.05) is 39.5 Å². The van der Waals surface area contributed by atoms with Gasteiger partial charge < -0.3 is 28.7 Å². The molecular weight excluding hydrogens is 594 g/mol. The molecule has 2 aromatic heterocycles. The number of rotatable bonds is 14. The van der Waals surface area contributed by atoms with Crippen molar-refractivity contribution < 1.29 is 41.4 Å². The fourth-order valence-electron chi connectivity index (χ4n) is 4.12. The van der Waals surface area contributed by atoms with Crippen LogP contribution in [0.1, 0.15) is 37.0 Å². The topological polar surface area (TPSA) is 165 Å². The van der Waals surface area contributed by atoms with Gasteiger partial charge in [0.05, 0.1) is 16.7 Å². The number of nitrogens with zero attached hydrogens (tertiary/aromatic N) is 3. The Morgan fingerprint density at radius 3 is 2.52 bits per heavy atom. The van der Waals surface area contributed by atoms with Gasteiger partial charge in [-0.1, -0.05) is 43.9 Å². The molecular formula is C30H31N3O10S. The highest BCUT2D eigenvalue weighted by Gasteiger charge is 2.35. The minimum absolute atomic E-state index is 0.153. The molecule has 14 heteroatoms. The van der Waals surface area contributed by atoms with E-state index in [-0.39, 0.29) is 20.9 Å². The number of hydrogen-bond donors (Lipinski definition) is 0. The molecule has 0 aliphatic carbocycles. The summed E-state index contributed by atoms with van der Waals surface area (Å²) in [5.41, 5.74) is -0.914. The monoisotopic (exact) mass is 625 g/mol. The standard InChI is InChI=1S/C30H31N3O10S/c1-3-32(4-2)16-8-9-17-39-23-15-14-22-20-25(30(35)42-26(22)21-23)29(34)41-19-11-10-18-40-27-28(33(36)43-31-27)44(37,38)24-12-6-5-7-13-24/h5-7,12-15,20-21H,3-4,8-9,16-19H2,1-2H3. The number of sulfone groups is 1. The van der Waals surface area contributed by atoms with E-state index >= 15 is 0 Å². The Hall–Kier alpha value is -4.87. The zero-order valence-corrected chi connectivity index (χ0v) is 25.0. The van der Waals surface area contributed by atoms with Crippen LogP contribution in [0, 0.1) is 17.0 Å². The van der Waals surface area contributed by atoms with Crippen molar-refractivity contribution in [2.24, 2.45) is 0 Å². The van der Waals surface area contributed by atoms with Gasteiger partial charge in [-0.15, -0.1) is 0 Å². The van der Waals surface area contributed by atoms with E-state index in [1.807, 2.05) is 0 Å². The lowest BCUT2D eigenvalue weighted by Gasteiger charge is -2.17. The average Bonchev–Trinajstić information content (AvgIpc) is 3.41. The minimum atomic E-state index is -4.27. The van der Waals surface area contributed by atoms with Gasteiger partial charge in [0.1, 0.15) is 16.9 Å². The van der Waals surface area contributed by atoms with Crippen molar-refractivity contribution >= 4 is 26.8 Å². The number of carbonyl (C=O) groups excluding carboxylic acids is 1. The van der Waals surface area contributed by atoms with E-state index in [4.69, 9.17) is 18.6 Å². The average molecular weight is 626 g/mol. The molecule has 4 aromatic rings. The molecule has 2 heterocycles. The number of ether oxygens (including phenoxy) is 3. The number of fused-ring (bicyclic) bond motifs is 1. The Balaban J connectivity index is 1.29. The number of hydrogen-bond acceptors (Lipinski definition) is 12. The summed E-state index contributed by atoms with van der Waals surface area (Å²) in [5, 5.41) is 14.9. The summed E-state index contributed by atoms with van der Waals surface area (Å²) in [4.78, 5) is 26.9. The van der Waals surface area contributed by atoms with E-state index in [0.717, 1.165) is 32.5 Å². The van der Waals surface area contributed by atoms with Crippen LogP contribution >= 0.6 is 0 Å². The third kappa shape index (κ3) is 7.94. The lowest BCUT2D eigenvalue weighted by molar-refractivity contribution is -0.832. The third-order valence-corrected chi connectivity index (χ3v) is 8.22. The molecule has 44 heavy (non-hydrogen) atoms. The van der Waals surface area contributed by atoms with Gasteiger partial charge in [0, 0.05) is 11.5 Å². The van der Waals surface area contributed by atoms with Gasteiger partial charge in [-0.05, 0) is 67.7 Å². The Labute approximate surface area is 253 Å². The van der Waals surface area contributed by atoms with Crippen LogP contribution in [-0.2, 0) is 14.6 Å². The summed E-state index contributed by atoms with van der Waals surface area (Å²) < 4.78 is 51.3. The molecule has 0 unspecified atom stereocenters. The maximum absolute atomic E-state index is 12.8. The van der Waals surface area contributed by atoms with Crippen LogP contribution in [0.2, 0.25) is 0 Å². The predicted molar refractivity (Wildman–Crippen MR) is 156 cm³/mol. The maximum Gasteiger partial charge on any atom is 0.415 e. The number of benzene rings is 2. The van der Waals surface area contributed by atoms with E-state index in [2.05, 4.69) is 40.4 Å². The van der Waals surface area contributed by atoms with E-state index in [1.54, 1.807) is 24.3 Å². The van der Waals surface area contributed by atoms with Crippen LogP contribution in [0.5, 0.6) is 11.6 Å². The second kappa shape index (κ2) is 15.0. The summed E-state index contributed by atoms with van der Waals surface area (Å²) in [6.07, 6.45) is 1.89. The van der Waals surface area contributed by atoms with Gasteiger partial charge in [-0.3, -0.25) is 4.63 Å². The van der Waals surface area contributed by atoms with Crippen LogP contribution < -0.4 is 20.0 Å². The lowest BCUT2D eigenvalue weighted by atomic mass is 10.2. The van der Waals surface area contributed by atoms with Crippen LogP contribution in [0.3, 0.4) is 0 Å². The zero-order valence-electron chi connectivity index (χ0n) is 24.2. The number of aromatic nitrogens is 2. The molecule has 0 aliphatic heterocycles. The SMILES string of the molecule is CCN(CC)CCCCOc1ccc2cc(C(=O)OCC#CCOc3no[n+]([O-])c3S(=O)(=O)c3ccccc3)c(=O)oc2c1. The summed E-state index contributed by atoms with van der Waals surface area (Å²) >= 11 is 0. The third-order valence-electron chi connectivity index (χ3n) is 6.50. The maximum atomic E-state index is 12.8. The normalized spacial score (nSPS) is 11.2. The van der Waals surface area contributed by atoms with Gasteiger partial charge in [-0.25, -0.2) is 18.0 Å². The number of esters is 1. The zero-order chi connectivity index (χ0) is 31.5. The predicted octanol–water partition coefficient (Wildman–Crippen LogP) is 2.99. The minimum Gasteiger partial charge on any atom is -0.493 e. The molecule has 0 N–H and O–H groups in total. The van der Waals surface area contributed by atoms with Crippen molar-refractivity contribution in [1.29, 1.82) is 0 Å². The summed E-state index contributed by atoms with van der Waals surface area (Å²) in [7, 11) is -4.27. The van der Waals surface area contributed by atoms with E-state index in [1.165, 1.54) is 30.3 Å². The Morgan fingerprint density at radius 2 is 1.77 bits per heavy atom. The Kier molecular flexibility index (Phi) is 11.0. The molecule has 2 aromatic carbocycles. The first-order valence-corrected chi connectivity index (χ1v) is 15.3. The molecule has 0 spiro atoms. The van der Waals surface area contributed by atoms with Crippen LogP contribution in [0.15, 0.2) is 78.4 Å². The largest absolute Gasteiger partial charge is 0.493 e.